The van der Waals surface area contributed by atoms with Crippen LogP contribution in [0.25, 0.3) is 0 Å². The van der Waals surface area contributed by atoms with E-state index in [4.69, 9.17) is 4.74 Å². The van der Waals surface area contributed by atoms with Crippen LogP contribution in [-0.2, 0) is 0 Å². The fourth-order valence-electron chi connectivity index (χ4n) is 2.44. The van der Waals surface area contributed by atoms with Crippen LogP contribution in [0.1, 0.15) is 36.9 Å². The Hall–Kier alpha value is -1.87. The molecule has 0 aromatic heterocycles. The summed E-state index contributed by atoms with van der Waals surface area (Å²) in [5.41, 5.74) is 2.05. The summed E-state index contributed by atoms with van der Waals surface area (Å²) in [5.74, 6) is 0.708. The topological polar surface area (TPSA) is 21.3 Å². The van der Waals surface area contributed by atoms with Crippen molar-refractivity contribution in [1.82, 2.24) is 5.32 Å². The maximum atomic E-state index is 13.5. The van der Waals surface area contributed by atoms with Crippen molar-refractivity contribution in [2.45, 2.75) is 31.9 Å². The Morgan fingerprint density at radius 2 is 1.90 bits per heavy atom. The van der Waals surface area contributed by atoms with Crippen LogP contribution in [0.4, 0.5) is 4.39 Å². The number of ether oxygens (including phenoxy) is 1. The first-order valence-corrected chi connectivity index (χ1v) is 7.51. The maximum absolute atomic E-state index is 13.5. The lowest BCUT2D eigenvalue weighted by Crippen LogP contribution is -2.22. The molecule has 3 heteroatoms. The predicted molar refractivity (Wildman–Crippen MR) is 82.0 cm³/mol. The summed E-state index contributed by atoms with van der Waals surface area (Å²) >= 11 is 0. The number of halogens is 1. The van der Waals surface area contributed by atoms with Crippen LogP contribution >= 0.6 is 0 Å². The lowest BCUT2D eigenvalue weighted by atomic mass is 9.98. The van der Waals surface area contributed by atoms with Crippen molar-refractivity contribution in [3.05, 3.63) is 65.5 Å². The lowest BCUT2D eigenvalue weighted by Gasteiger charge is -2.19. The van der Waals surface area contributed by atoms with E-state index >= 15 is 0 Å². The Labute approximate surface area is 125 Å². The molecule has 1 saturated carbocycles. The molecule has 2 nitrogen and oxygen atoms in total. The van der Waals surface area contributed by atoms with Gasteiger partial charge in [-0.3, -0.25) is 0 Å². The van der Waals surface area contributed by atoms with E-state index in [1.54, 1.807) is 12.1 Å². The largest absolute Gasteiger partial charge is 0.490 e. The first kappa shape index (κ1) is 14.1. The van der Waals surface area contributed by atoms with Crippen LogP contribution < -0.4 is 10.1 Å². The first-order chi connectivity index (χ1) is 10.3. The van der Waals surface area contributed by atoms with Crippen LogP contribution in [0, 0.1) is 5.82 Å². The molecule has 1 aliphatic carbocycles. The molecule has 2 aromatic rings. The summed E-state index contributed by atoms with van der Waals surface area (Å²) in [6.07, 6.45) is 2.72. The van der Waals surface area contributed by atoms with E-state index in [-0.39, 0.29) is 11.9 Å². The van der Waals surface area contributed by atoms with E-state index in [1.165, 1.54) is 6.07 Å². The molecule has 0 radical (unpaired) electrons. The molecule has 1 atom stereocenters. The summed E-state index contributed by atoms with van der Waals surface area (Å²) in [6, 6.07) is 14.9. The zero-order valence-electron chi connectivity index (χ0n) is 12.2. The second-order valence-corrected chi connectivity index (χ2v) is 5.43. The molecule has 0 saturated heterocycles. The molecule has 1 fully saturated rings. The van der Waals surface area contributed by atoms with Crippen molar-refractivity contribution in [2.75, 3.05) is 6.54 Å². The molecule has 1 N–H and O–H groups in total. The lowest BCUT2D eigenvalue weighted by molar-refractivity contribution is 0.303. The zero-order chi connectivity index (χ0) is 14.7. The molecule has 1 aliphatic rings. The Morgan fingerprint density at radius 3 is 2.52 bits per heavy atom. The van der Waals surface area contributed by atoms with E-state index in [0.29, 0.717) is 6.10 Å². The highest BCUT2D eigenvalue weighted by Gasteiger charge is 2.23. The van der Waals surface area contributed by atoms with Crippen LogP contribution in [0.2, 0.25) is 0 Å². The molecule has 0 spiro atoms. The van der Waals surface area contributed by atoms with Crippen molar-refractivity contribution in [3.63, 3.8) is 0 Å². The average Bonchev–Trinajstić information content (AvgIpc) is 3.30. The molecule has 3 rings (SSSR count). The molecule has 1 unspecified atom stereocenters. The summed E-state index contributed by atoms with van der Waals surface area (Å²) < 4.78 is 19.2. The number of nitrogens with one attached hydrogen (secondary N) is 1. The Kier molecular flexibility index (Phi) is 4.20. The van der Waals surface area contributed by atoms with Crippen LogP contribution in [-0.4, -0.2) is 12.6 Å². The molecular formula is C18H20FNO. The normalized spacial score (nSPS) is 15.7. The second-order valence-electron chi connectivity index (χ2n) is 5.43. The van der Waals surface area contributed by atoms with Gasteiger partial charge in [0, 0.05) is 0 Å². The molecule has 2 aromatic carbocycles. The van der Waals surface area contributed by atoms with Crippen molar-refractivity contribution in [2.24, 2.45) is 0 Å². The van der Waals surface area contributed by atoms with Gasteiger partial charge in [-0.05, 0) is 54.8 Å². The van der Waals surface area contributed by atoms with Gasteiger partial charge in [-0.1, -0.05) is 31.2 Å². The first-order valence-electron chi connectivity index (χ1n) is 7.51. The molecule has 21 heavy (non-hydrogen) atoms. The number of rotatable bonds is 6. The summed E-state index contributed by atoms with van der Waals surface area (Å²) in [6.45, 7) is 2.87. The van der Waals surface area contributed by atoms with Gasteiger partial charge in [0.1, 0.15) is 11.6 Å². The SMILES string of the molecule is CCNC(c1ccc(OC2CC2)cc1)c1cccc(F)c1. The summed E-state index contributed by atoms with van der Waals surface area (Å²) in [4.78, 5) is 0. The van der Waals surface area contributed by atoms with Gasteiger partial charge in [0.2, 0.25) is 0 Å². The maximum Gasteiger partial charge on any atom is 0.123 e. The van der Waals surface area contributed by atoms with Crippen molar-refractivity contribution in [1.29, 1.82) is 0 Å². The quantitative estimate of drug-likeness (QED) is 0.864. The van der Waals surface area contributed by atoms with Gasteiger partial charge in [0.25, 0.3) is 0 Å². The van der Waals surface area contributed by atoms with Crippen molar-refractivity contribution < 1.29 is 9.13 Å². The Morgan fingerprint density at radius 1 is 1.14 bits per heavy atom. The zero-order valence-corrected chi connectivity index (χ0v) is 12.2. The molecule has 0 heterocycles. The van der Waals surface area contributed by atoms with Gasteiger partial charge < -0.3 is 10.1 Å². The van der Waals surface area contributed by atoms with Crippen LogP contribution in [0.15, 0.2) is 48.5 Å². The minimum Gasteiger partial charge on any atom is -0.490 e. The third-order valence-electron chi connectivity index (χ3n) is 3.63. The molecule has 0 aliphatic heterocycles. The molecule has 0 bridgehead atoms. The van der Waals surface area contributed by atoms with E-state index in [2.05, 4.69) is 24.4 Å². The van der Waals surface area contributed by atoms with Gasteiger partial charge in [-0.25, -0.2) is 4.39 Å². The summed E-state index contributed by atoms with van der Waals surface area (Å²) in [7, 11) is 0. The number of hydrogen-bond donors (Lipinski definition) is 1. The van der Waals surface area contributed by atoms with Gasteiger partial charge in [0.05, 0.1) is 12.1 Å². The average molecular weight is 285 g/mol. The molecule has 110 valence electrons. The highest BCUT2D eigenvalue weighted by molar-refractivity contribution is 5.36. The van der Waals surface area contributed by atoms with Crippen molar-refractivity contribution in [3.8, 4) is 5.75 Å². The Bertz CT molecular complexity index is 592. The monoisotopic (exact) mass is 285 g/mol. The minimum absolute atomic E-state index is 0.000625. The van der Waals surface area contributed by atoms with E-state index in [9.17, 15) is 4.39 Å². The molecule has 0 amide bonds. The Balaban J connectivity index is 1.82. The van der Waals surface area contributed by atoms with Crippen molar-refractivity contribution >= 4 is 0 Å². The minimum atomic E-state index is -0.205. The number of benzene rings is 2. The van der Waals surface area contributed by atoms with E-state index < -0.39 is 0 Å². The van der Waals surface area contributed by atoms with Crippen LogP contribution in [0.5, 0.6) is 5.75 Å². The van der Waals surface area contributed by atoms with Gasteiger partial charge in [-0.2, -0.15) is 0 Å². The number of hydrogen-bond acceptors (Lipinski definition) is 2. The third kappa shape index (κ3) is 3.61. The highest BCUT2D eigenvalue weighted by atomic mass is 19.1. The third-order valence-corrected chi connectivity index (χ3v) is 3.63. The van der Waals surface area contributed by atoms with E-state index in [0.717, 1.165) is 36.3 Å². The standard InChI is InChI=1S/C18H20FNO/c1-2-20-18(14-4-3-5-15(19)12-14)13-6-8-16(9-7-13)21-17-10-11-17/h3-9,12,17-18,20H,2,10-11H2,1H3. The smallest absolute Gasteiger partial charge is 0.123 e. The second kappa shape index (κ2) is 6.27. The fraction of sp³-hybridized carbons (Fsp3) is 0.333. The highest BCUT2D eigenvalue weighted by Crippen LogP contribution is 2.29. The predicted octanol–water partition coefficient (Wildman–Crippen LogP) is 4.07. The fourth-order valence-corrected chi connectivity index (χ4v) is 2.44. The van der Waals surface area contributed by atoms with Crippen LogP contribution in [0.3, 0.4) is 0 Å². The van der Waals surface area contributed by atoms with Gasteiger partial charge in [0.15, 0.2) is 0 Å². The van der Waals surface area contributed by atoms with Gasteiger partial charge in [-0.15, -0.1) is 0 Å². The summed E-state index contributed by atoms with van der Waals surface area (Å²) in [5, 5.41) is 3.41. The van der Waals surface area contributed by atoms with E-state index in [1.807, 2.05) is 18.2 Å². The van der Waals surface area contributed by atoms with Gasteiger partial charge >= 0.3 is 0 Å². The molecular weight excluding hydrogens is 265 g/mol.